The third-order valence-electron chi connectivity index (χ3n) is 3.92. The number of halogens is 1. The molecule has 2 N–H and O–H groups in total. The van der Waals surface area contributed by atoms with Crippen LogP contribution in [0.15, 0.2) is 16.9 Å². The smallest absolute Gasteiger partial charge is 0.134 e. The highest BCUT2D eigenvalue weighted by molar-refractivity contribution is 6.30. The van der Waals surface area contributed by atoms with Crippen LogP contribution in [-0.4, -0.2) is 31.4 Å². The van der Waals surface area contributed by atoms with E-state index in [0.717, 1.165) is 41.4 Å². The Labute approximate surface area is 131 Å². The van der Waals surface area contributed by atoms with E-state index in [9.17, 15) is 0 Å². The summed E-state index contributed by atoms with van der Waals surface area (Å²) in [6.45, 7) is 2.70. The topological polar surface area (TPSA) is 84.6 Å². The lowest BCUT2D eigenvalue weighted by atomic mass is 9.97. The maximum absolute atomic E-state index is 6.50. The maximum Gasteiger partial charge on any atom is 0.134 e. The Balaban J connectivity index is 1.89. The summed E-state index contributed by atoms with van der Waals surface area (Å²) in [6, 6.07) is 1.75. The van der Waals surface area contributed by atoms with Crippen LogP contribution < -0.4 is 5.32 Å². The lowest BCUT2D eigenvalue weighted by Crippen LogP contribution is -2.31. The summed E-state index contributed by atoms with van der Waals surface area (Å²) < 4.78 is 6.83. The largest absolute Gasteiger partial charge is 0.361 e. The van der Waals surface area contributed by atoms with Crippen LogP contribution in [-0.2, 0) is 13.5 Å². The average Bonchev–Trinajstić information content (AvgIpc) is 3.19. The van der Waals surface area contributed by atoms with Gasteiger partial charge in [-0.1, -0.05) is 16.8 Å². The number of aromatic nitrogens is 5. The van der Waals surface area contributed by atoms with Crippen molar-refractivity contribution in [3.05, 3.63) is 40.3 Å². The Hall–Kier alpha value is -2.12. The SMILES string of the molecule is Cc1cc(-c2nn(C)c(Cl)c2[C@H]2NCCc3[nH]cnc32)no1. The molecule has 3 aromatic heterocycles. The molecule has 0 aromatic carbocycles. The Kier molecular flexibility index (Phi) is 3.05. The molecule has 0 saturated carbocycles. The van der Waals surface area contributed by atoms with Gasteiger partial charge in [0, 0.05) is 37.3 Å². The van der Waals surface area contributed by atoms with E-state index >= 15 is 0 Å². The minimum Gasteiger partial charge on any atom is -0.361 e. The van der Waals surface area contributed by atoms with E-state index in [1.807, 2.05) is 20.0 Å². The van der Waals surface area contributed by atoms with Crippen molar-refractivity contribution in [2.24, 2.45) is 7.05 Å². The van der Waals surface area contributed by atoms with E-state index in [-0.39, 0.29) is 6.04 Å². The highest BCUT2D eigenvalue weighted by Crippen LogP contribution is 2.37. The van der Waals surface area contributed by atoms with Crippen molar-refractivity contribution in [2.45, 2.75) is 19.4 Å². The molecule has 4 heterocycles. The number of rotatable bonds is 2. The predicted octanol–water partition coefficient (Wildman–Crippen LogP) is 2.00. The van der Waals surface area contributed by atoms with Crippen LogP contribution in [0.3, 0.4) is 0 Å². The van der Waals surface area contributed by atoms with Crippen molar-refractivity contribution >= 4 is 11.6 Å². The van der Waals surface area contributed by atoms with Crippen LogP contribution in [0.1, 0.15) is 28.8 Å². The fraction of sp³-hybridized carbons (Fsp3) is 0.357. The molecule has 0 aliphatic carbocycles. The molecule has 0 radical (unpaired) electrons. The third-order valence-corrected chi connectivity index (χ3v) is 4.37. The highest BCUT2D eigenvalue weighted by atomic mass is 35.5. The van der Waals surface area contributed by atoms with E-state index in [0.29, 0.717) is 10.8 Å². The molecule has 0 spiro atoms. The summed E-state index contributed by atoms with van der Waals surface area (Å²) in [6.07, 6.45) is 2.64. The number of aryl methyl sites for hydroxylation is 2. The Morgan fingerprint density at radius 2 is 2.32 bits per heavy atom. The summed E-state index contributed by atoms with van der Waals surface area (Å²) in [7, 11) is 1.82. The number of hydrogen-bond acceptors (Lipinski definition) is 5. The monoisotopic (exact) mass is 318 g/mol. The average molecular weight is 319 g/mol. The fourth-order valence-corrected chi connectivity index (χ4v) is 3.14. The summed E-state index contributed by atoms with van der Waals surface area (Å²) >= 11 is 6.50. The van der Waals surface area contributed by atoms with Crippen LogP contribution in [0.4, 0.5) is 0 Å². The molecule has 1 aliphatic heterocycles. The first-order chi connectivity index (χ1) is 10.6. The van der Waals surface area contributed by atoms with Gasteiger partial charge in [-0.05, 0) is 6.92 Å². The van der Waals surface area contributed by atoms with Crippen molar-refractivity contribution in [3.63, 3.8) is 0 Å². The minimum atomic E-state index is -0.108. The van der Waals surface area contributed by atoms with E-state index < -0.39 is 0 Å². The molecule has 0 unspecified atom stereocenters. The number of hydrogen-bond donors (Lipinski definition) is 2. The molecule has 7 nitrogen and oxygen atoms in total. The van der Waals surface area contributed by atoms with Gasteiger partial charge in [0.15, 0.2) is 0 Å². The van der Waals surface area contributed by atoms with Gasteiger partial charge in [0.25, 0.3) is 0 Å². The van der Waals surface area contributed by atoms with Crippen molar-refractivity contribution in [3.8, 4) is 11.4 Å². The molecule has 1 aliphatic rings. The second kappa shape index (κ2) is 4.96. The number of nitrogens with one attached hydrogen (secondary N) is 2. The highest BCUT2D eigenvalue weighted by Gasteiger charge is 2.31. The molecule has 0 fully saturated rings. The van der Waals surface area contributed by atoms with Gasteiger partial charge in [0.1, 0.15) is 22.3 Å². The lowest BCUT2D eigenvalue weighted by molar-refractivity contribution is 0.399. The van der Waals surface area contributed by atoms with E-state index in [1.165, 1.54) is 0 Å². The first kappa shape index (κ1) is 13.5. The van der Waals surface area contributed by atoms with Gasteiger partial charge < -0.3 is 14.8 Å². The van der Waals surface area contributed by atoms with Crippen LogP contribution in [0, 0.1) is 6.92 Å². The van der Waals surface area contributed by atoms with Gasteiger partial charge in [0.05, 0.1) is 18.1 Å². The molecule has 0 saturated heterocycles. The van der Waals surface area contributed by atoms with Gasteiger partial charge in [-0.15, -0.1) is 0 Å². The zero-order valence-corrected chi connectivity index (χ0v) is 13.0. The zero-order chi connectivity index (χ0) is 15.3. The van der Waals surface area contributed by atoms with Gasteiger partial charge >= 0.3 is 0 Å². The number of aromatic amines is 1. The summed E-state index contributed by atoms with van der Waals surface area (Å²) in [5.74, 6) is 0.736. The molecule has 4 rings (SSSR count). The lowest BCUT2D eigenvalue weighted by Gasteiger charge is -2.23. The van der Waals surface area contributed by atoms with Crippen molar-refractivity contribution < 1.29 is 4.52 Å². The molecule has 8 heteroatoms. The van der Waals surface area contributed by atoms with Gasteiger partial charge in [-0.2, -0.15) is 5.10 Å². The van der Waals surface area contributed by atoms with E-state index in [1.54, 1.807) is 11.0 Å². The van der Waals surface area contributed by atoms with Gasteiger partial charge in [-0.25, -0.2) is 4.98 Å². The molecule has 1 atom stereocenters. The number of H-pyrrole nitrogens is 1. The van der Waals surface area contributed by atoms with Gasteiger partial charge in [-0.3, -0.25) is 4.68 Å². The molecule has 22 heavy (non-hydrogen) atoms. The normalized spacial score (nSPS) is 17.7. The molecule has 114 valence electrons. The molecule has 3 aromatic rings. The second-order valence-corrected chi connectivity index (χ2v) is 5.76. The molecule has 0 bridgehead atoms. The summed E-state index contributed by atoms with van der Waals surface area (Å²) in [5, 5.41) is 12.6. The Morgan fingerprint density at radius 1 is 1.45 bits per heavy atom. The first-order valence-corrected chi connectivity index (χ1v) is 7.44. The Bertz CT molecular complexity index is 832. The molecule has 0 amide bonds. The standard InChI is InChI=1S/C14H15ClN6O/c1-7-5-9(20-22-7)11-10(14(15)21(2)19-11)13-12-8(3-4-16-13)17-6-18-12/h5-6,13,16H,3-4H2,1-2H3,(H,17,18)/t13-/m1/s1. The van der Waals surface area contributed by atoms with Gasteiger partial charge in [0.2, 0.25) is 0 Å². The van der Waals surface area contributed by atoms with E-state index in [4.69, 9.17) is 16.1 Å². The number of nitrogens with zero attached hydrogens (tertiary/aromatic N) is 4. The second-order valence-electron chi connectivity index (χ2n) is 5.40. The number of imidazole rings is 1. The first-order valence-electron chi connectivity index (χ1n) is 7.06. The maximum atomic E-state index is 6.50. The summed E-state index contributed by atoms with van der Waals surface area (Å²) in [5.41, 5.74) is 4.37. The number of fused-ring (bicyclic) bond motifs is 1. The zero-order valence-electron chi connectivity index (χ0n) is 12.2. The summed E-state index contributed by atoms with van der Waals surface area (Å²) in [4.78, 5) is 7.64. The fourth-order valence-electron chi connectivity index (χ4n) is 2.90. The van der Waals surface area contributed by atoms with E-state index in [2.05, 4.69) is 25.5 Å². The Morgan fingerprint density at radius 3 is 3.09 bits per heavy atom. The van der Waals surface area contributed by atoms with Crippen molar-refractivity contribution in [1.29, 1.82) is 0 Å². The molecular weight excluding hydrogens is 304 g/mol. The van der Waals surface area contributed by atoms with Crippen LogP contribution in [0.25, 0.3) is 11.4 Å². The van der Waals surface area contributed by atoms with Crippen LogP contribution in [0.2, 0.25) is 5.15 Å². The quantitative estimate of drug-likeness (QED) is 0.755. The van der Waals surface area contributed by atoms with Crippen LogP contribution >= 0.6 is 11.6 Å². The molecular formula is C14H15ClN6O. The van der Waals surface area contributed by atoms with Crippen molar-refractivity contribution in [1.82, 2.24) is 30.2 Å². The van der Waals surface area contributed by atoms with Crippen molar-refractivity contribution in [2.75, 3.05) is 6.54 Å². The minimum absolute atomic E-state index is 0.108. The third kappa shape index (κ3) is 1.97. The van der Waals surface area contributed by atoms with Crippen LogP contribution in [0.5, 0.6) is 0 Å². The predicted molar refractivity (Wildman–Crippen MR) is 80.6 cm³/mol.